The highest BCUT2D eigenvalue weighted by molar-refractivity contribution is 6.99. The van der Waals surface area contributed by atoms with Gasteiger partial charge in [0.2, 0.25) is 0 Å². The van der Waals surface area contributed by atoms with Crippen LogP contribution < -0.4 is 30.9 Å². The minimum Gasteiger partial charge on any atom is -0.458 e. The highest BCUT2D eigenvalue weighted by atomic mass is 16.5. The number of hydrogen-bond acceptors (Lipinski definition) is 3. The molecular weight excluding hydrogens is 1170 g/mol. The van der Waals surface area contributed by atoms with Crippen LogP contribution in [0.15, 0.2) is 309 Å². The summed E-state index contributed by atoms with van der Waals surface area (Å²) < 4.78 is 7.54. The van der Waals surface area contributed by atoms with Crippen LogP contribution in [0.2, 0.25) is 0 Å². The topological polar surface area (TPSA) is 15.7 Å². The number of nitrogens with zero attached hydrogens (tertiary/aromatic N) is 2. The number of rotatable bonds is 13. The second kappa shape index (κ2) is 23.9. The Balaban J connectivity index is 0.895. The van der Waals surface area contributed by atoms with Crippen molar-refractivity contribution in [2.45, 2.75) is 65.3 Å². The number of hydrogen-bond donors (Lipinski definition) is 0. The molecule has 0 atom stereocenters. The van der Waals surface area contributed by atoms with E-state index in [1.54, 1.807) is 0 Å². The van der Waals surface area contributed by atoms with Crippen molar-refractivity contribution in [3.63, 3.8) is 0 Å². The highest BCUT2D eigenvalue weighted by Gasteiger charge is 2.43. The van der Waals surface area contributed by atoms with Crippen LogP contribution in [0.1, 0.15) is 63.8 Å². The molecule has 0 bridgehead atoms. The van der Waals surface area contributed by atoms with Crippen molar-refractivity contribution >= 4 is 78.2 Å². The van der Waals surface area contributed by atoms with Gasteiger partial charge in [0.25, 0.3) is 6.71 Å². The van der Waals surface area contributed by atoms with E-state index in [1.165, 1.54) is 138 Å². The molecule has 2 aliphatic heterocycles. The second-order valence-electron chi connectivity index (χ2n) is 28.7. The highest BCUT2D eigenvalue weighted by Crippen LogP contribution is 2.47. The van der Waals surface area contributed by atoms with E-state index in [-0.39, 0.29) is 17.5 Å². The number of benzene rings is 15. The zero-order chi connectivity index (χ0) is 65.5. The third kappa shape index (κ3) is 10.9. The maximum atomic E-state index is 7.54. The Morgan fingerprint density at radius 3 is 1.38 bits per heavy atom. The van der Waals surface area contributed by atoms with Crippen LogP contribution in [0.4, 0.5) is 22.7 Å². The van der Waals surface area contributed by atoms with Gasteiger partial charge in [-0.1, -0.05) is 290 Å². The summed E-state index contributed by atoms with van der Waals surface area (Å²) in [6.45, 7) is 15.2. The Hall–Kier alpha value is -11.2. The minimum absolute atomic E-state index is 0.0383. The molecule has 0 radical (unpaired) electrons. The molecule has 97 heavy (non-hydrogen) atoms. The molecule has 15 aromatic rings. The molecule has 3 nitrogen and oxygen atoms in total. The van der Waals surface area contributed by atoms with Crippen LogP contribution in [0.3, 0.4) is 0 Å². The molecule has 0 N–H and O–H groups in total. The van der Waals surface area contributed by atoms with Crippen molar-refractivity contribution in [2.24, 2.45) is 0 Å². The van der Waals surface area contributed by atoms with Crippen LogP contribution in [-0.4, -0.2) is 13.3 Å². The zero-order valence-corrected chi connectivity index (χ0v) is 55.9. The Kier molecular flexibility index (Phi) is 14.7. The first-order valence-corrected chi connectivity index (χ1v) is 34.4. The fourth-order valence-electron chi connectivity index (χ4n) is 15.5. The van der Waals surface area contributed by atoms with Crippen LogP contribution in [-0.2, 0) is 23.8 Å². The summed E-state index contributed by atoms with van der Waals surface area (Å²) in [7, 11) is 0. The van der Waals surface area contributed by atoms with Crippen LogP contribution in [0.5, 0.6) is 11.5 Å². The van der Waals surface area contributed by atoms with E-state index in [1.807, 2.05) is 0 Å². The molecular formula is C93H75BN2O. The molecule has 0 fully saturated rings. The van der Waals surface area contributed by atoms with Gasteiger partial charge in [0.05, 0.1) is 0 Å². The van der Waals surface area contributed by atoms with Crippen LogP contribution in [0.25, 0.3) is 99.1 Å². The van der Waals surface area contributed by atoms with Crippen molar-refractivity contribution in [1.29, 1.82) is 0 Å². The van der Waals surface area contributed by atoms with Gasteiger partial charge in [0.1, 0.15) is 11.5 Å². The van der Waals surface area contributed by atoms with E-state index in [0.29, 0.717) is 13.1 Å². The fourth-order valence-corrected chi connectivity index (χ4v) is 15.5. The summed E-state index contributed by atoms with van der Waals surface area (Å²) in [5.74, 6) is 1.77. The van der Waals surface area contributed by atoms with E-state index in [9.17, 15) is 0 Å². The molecule has 466 valence electrons. The third-order valence-electron chi connectivity index (χ3n) is 20.6. The quantitative estimate of drug-likeness (QED) is 0.0845. The lowest BCUT2D eigenvalue weighted by Gasteiger charge is -2.41. The van der Waals surface area contributed by atoms with Gasteiger partial charge in [-0.05, 0) is 216 Å². The molecule has 2 heterocycles. The molecule has 2 aliphatic rings. The monoisotopic (exact) mass is 1250 g/mol. The molecule has 15 aromatic carbocycles. The van der Waals surface area contributed by atoms with Gasteiger partial charge < -0.3 is 14.5 Å². The SMILES string of the molecule is CC(C)(C)c1cc2ccc3cc(C(C)(C)C)cc4c(-c5ccc6c(c5)B5c7cc(-c8ccccc8)ccc7Oc7cc(CN(c8ccc(-c9ccccc9)cc8)c8ccc(-c9ccccc9)cc8)cc(c75)N6CCc5c(-c6ccccc6)cccc5-c5ccccc5)cc(c1)c2c34. The van der Waals surface area contributed by atoms with Gasteiger partial charge in [-0.25, -0.2) is 0 Å². The molecule has 0 spiro atoms. The lowest BCUT2D eigenvalue weighted by Crippen LogP contribution is -2.60. The van der Waals surface area contributed by atoms with Gasteiger partial charge >= 0.3 is 0 Å². The van der Waals surface area contributed by atoms with Gasteiger partial charge in [-0.2, -0.15) is 0 Å². The molecule has 4 heteroatoms. The summed E-state index contributed by atoms with van der Waals surface area (Å²) in [4.78, 5) is 5.14. The van der Waals surface area contributed by atoms with Crippen molar-refractivity contribution < 1.29 is 4.74 Å². The molecule has 0 aliphatic carbocycles. The Morgan fingerprint density at radius 2 is 0.825 bits per heavy atom. The number of ether oxygens (including phenoxy) is 1. The average Bonchev–Trinajstić information content (AvgIpc) is 0.711. The van der Waals surface area contributed by atoms with Gasteiger partial charge in [-0.3, -0.25) is 0 Å². The van der Waals surface area contributed by atoms with Crippen molar-refractivity contribution in [2.75, 3.05) is 16.3 Å². The second-order valence-corrected chi connectivity index (χ2v) is 28.7. The molecule has 0 amide bonds. The number of fused-ring (bicyclic) bond motifs is 4. The van der Waals surface area contributed by atoms with E-state index in [2.05, 4.69) is 361 Å². The predicted molar refractivity (Wildman–Crippen MR) is 414 cm³/mol. The van der Waals surface area contributed by atoms with E-state index < -0.39 is 0 Å². The summed E-state index contributed by atoms with van der Waals surface area (Å²) >= 11 is 0. The van der Waals surface area contributed by atoms with Crippen LogP contribution >= 0.6 is 0 Å². The third-order valence-corrected chi connectivity index (χ3v) is 20.6. The largest absolute Gasteiger partial charge is 0.458 e. The standard InChI is InChI=1S/C93H75BN2O/c1-92(2,3)74-53-71-35-36-72-54-75(93(4,5)6)59-82-81(56-73(55-74)89(71)90(72)82)70-41-47-85-83(58-70)94-84-57-69(64-27-16-9-17-28-64)42-48-87(84)97-88-52-61(51-86(91(88)94)95(85)50-49-80-78(67-29-18-10-19-30-67)33-22-34-79(80)68-31-20-11-21-32-68)60-96(76-43-37-65(38-44-76)62-23-12-7-13-24-62)77-45-39-66(40-46-77)63-25-14-8-15-26-63/h7-48,51-59H,49-50,60H2,1-6H3. The molecule has 17 rings (SSSR count). The molecule has 0 saturated heterocycles. The summed E-state index contributed by atoms with van der Waals surface area (Å²) in [5.41, 5.74) is 27.7. The first kappa shape index (κ1) is 59.5. The number of anilines is 4. The molecule has 0 aromatic heterocycles. The van der Waals surface area contributed by atoms with Gasteiger partial charge in [-0.15, -0.1) is 0 Å². The van der Waals surface area contributed by atoms with Crippen molar-refractivity contribution in [3.05, 3.63) is 332 Å². The first-order valence-electron chi connectivity index (χ1n) is 34.4. The fraction of sp³-hybridized carbons (Fsp3) is 0.118. The summed E-state index contributed by atoms with van der Waals surface area (Å²) in [6.07, 6.45) is 0.767. The lowest BCUT2D eigenvalue weighted by molar-refractivity contribution is 0.486. The molecule has 0 unspecified atom stereocenters. The lowest BCUT2D eigenvalue weighted by atomic mass is 9.34. The Morgan fingerprint density at radius 1 is 0.351 bits per heavy atom. The van der Waals surface area contributed by atoms with Crippen molar-refractivity contribution in [3.8, 4) is 78.3 Å². The Labute approximate surface area is 571 Å². The Bertz CT molecular complexity index is 5300. The summed E-state index contributed by atoms with van der Waals surface area (Å²) in [5, 5.41) is 7.83. The van der Waals surface area contributed by atoms with E-state index >= 15 is 0 Å². The van der Waals surface area contributed by atoms with E-state index in [0.717, 1.165) is 40.5 Å². The predicted octanol–water partition coefficient (Wildman–Crippen LogP) is 22.8. The molecule has 0 saturated carbocycles. The average molecular weight is 1250 g/mol. The van der Waals surface area contributed by atoms with Gasteiger partial charge in [0, 0.05) is 35.8 Å². The van der Waals surface area contributed by atoms with E-state index in [4.69, 9.17) is 4.74 Å². The van der Waals surface area contributed by atoms with Crippen LogP contribution in [0, 0.1) is 0 Å². The van der Waals surface area contributed by atoms with Gasteiger partial charge in [0.15, 0.2) is 0 Å². The maximum Gasteiger partial charge on any atom is 0.256 e. The maximum absolute atomic E-state index is 7.54. The van der Waals surface area contributed by atoms with Crippen molar-refractivity contribution in [1.82, 2.24) is 0 Å². The zero-order valence-electron chi connectivity index (χ0n) is 55.9. The summed E-state index contributed by atoms with van der Waals surface area (Å²) in [6, 6.07) is 116. The normalized spacial score (nSPS) is 12.6. The minimum atomic E-state index is -0.172. The first-order chi connectivity index (χ1) is 47.3. The smallest absolute Gasteiger partial charge is 0.256 e.